The van der Waals surface area contributed by atoms with Crippen molar-refractivity contribution < 1.29 is 19.4 Å². The van der Waals surface area contributed by atoms with Crippen molar-refractivity contribution >= 4 is 17.6 Å². The fraction of sp³-hybridized carbons (Fsp3) is 0.333. The summed E-state index contributed by atoms with van der Waals surface area (Å²) in [5, 5.41) is 11.9. The van der Waals surface area contributed by atoms with Crippen LogP contribution in [0.3, 0.4) is 0 Å². The molecule has 5 nitrogen and oxygen atoms in total. The van der Waals surface area contributed by atoms with E-state index in [0.717, 1.165) is 16.9 Å². The van der Waals surface area contributed by atoms with Crippen molar-refractivity contribution in [2.45, 2.75) is 32.6 Å². The van der Waals surface area contributed by atoms with E-state index in [2.05, 4.69) is 5.32 Å². The molecule has 0 spiro atoms. The van der Waals surface area contributed by atoms with E-state index in [1.807, 2.05) is 43.3 Å². The average molecular weight is 355 g/mol. The van der Waals surface area contributed by atoms with Crippen molar-refractivity contribution in [2.75, 3.05) is 12.4 Å². The molecule has 1 amide bonds. The Labute approximate surface area is 154 Å². The molecule has 26 heavy (non-hydrogen) atoms. The first-order valence-electron chi connectivity index (χ1n) is 8.64. The summed E-state index contributed by atoms with van der Waals surface area (Å²) in [4.78, 5) is 23.2. The van der Waals surface area contributed by atoms with Gasteiger partial charge in [-0.05, 0) is 47.7 Å². The lowest BCUT2D eigenvalue weighted by molar-refractivity contribution is -0.141. The molecule has 0 bridgehead atoms. The monoisotopic (exact) mass is 355 g/mol. The van der Waals surface area contributed by atoms with Crippen LogP contribution in [0.25, 0.3) is 0 Å². The zero-order chi connectivity index (χ0) is 19.1. The largest absolute Gasteiger partial charge is 0.497 e. The molecule has 2 rings (SSSR count). The Morgan fingerprint density at radius 1 is 1.12 bits per heavy atom. The lowest BCUT2D eigenvalue weighted by Crippen LogP contribution is -2.15. The number of carbonyl (C=O) groups is 2. The van der Waals surface area contributed by atoms with E-state index in [1.54, 1.807) is 26.2 Å². The van der Waals surface area contributed by atoms with Crippen LogP contribution in [0.1, 0.15) is 37.3 Å². The van der Waals surface area contributed by atoms with Crippen molar-refractivity contribution in [3.8, 4) is 5.75 Å². The second-order valence-corrected chi connectivity index (χ2v) is 6.57. The third-order valence-corrected chi connectivity index (χ3v) is 4.36. The van der Waals surface area contributed by atoms with Crippen molar-refractivity contribution in [2.24, 2.45) is 5.92 Å². The maximum absolute atomic E-state index is 12.3. The Bertz CT molecular complexity index is 755. The number of benzene rings is 2. The summed E-state index contributed by atoms with van der Waals surface area (Å²) in [6.45, 7) is 3.68. The first kappa shape index (κ1) is 19.5. The van der Waals surface area contributed by atoms with Gasteiger partial charge >= 0.3 is 5.97 Å². The molecule has 2 atom stereocenters. The number of hydrogen-bond acceptors (Lipinski definition) is 3. The number of anilines is 1. The molecule has 0 fully saturated rings. The maximum Gasteiger partial charge on any atom is 0.306 e. The predicted octanol–water partition coefficient (Wildman–Crippen LogP) is 4.09. The lowest BCUT2D eigenvalue weighted by atomic mass is 9.97. The summed E-state index contributed by atoms with van der Waals surface area (Å²) >= 11 is 0. The first-order valence-corrected chi connectivity index (χ1v) is 8.64. The molecule has 0 heterocycles. The minimum absolute atomic E-state index is 0.0630. The van der Waals surface area contributed by atoms with E-state index in [9.17, 15) is 9.59 Å². The fourth-order valence-electron chi connectivity index (χ4n) is 2.72. The highest BCUT2D eigenvalue weighted by atomic mass is 16.5. The predicted molar refractivity (Wildman–Crippen MR) is 102 cm³/mol. The number of carboxylic acid groups (broad SMARTS) is 1. The van der Waals surface area contributed by atoms with E-state index in [1.165, 1.54) is 0 Å². The van der Waals surface area contributed by atoms with Crippen LogP contribution in [0, 0.1) is 5.92 Å². The second kappa shape index (κ2) is 9.04. The van der Waals surface area contributed by atoms with Crippen molar-refractivity contribution in [1.29, 1.82) is 0 Å². The Morgan fingerprint density at radius 3 is 2.42 bits per heavy atom. The van der Waals surface area contributed by atoms with Gasteiger partial charge in [0.05, 0.1) is 13.0 Å². The second-order valence-electron chi connectivity index (χ2n) is 6.57. The molecule has 0 aromatic heterocycles. The summed E-state index contributed by atoms with van der Waals surface area (Å²) in [7, 11) is 1.62. The summed E-state index contributed by atoms with van der Waals surface area (Å²) < 4.78 is 5.22. The van der Waals surface area contributed by atoms with E-state index in [0.29, 0.717) is 18.5 Å². The van der Waals surface area contributed by atoms with E-state index < -0.39 is 11.9 Å². The quantitative estimate of drug-likeness (QED) is 0.748. The Balaban J connectivity index is 1.91. The SMILES string of the molecule is COc1cccc(C(C)CC(=O)Nc2ccc(CC(C)C(=O)O)cc2)c1. The highest BCUT2D eigenvalue weighted by molar-refractivity contribution is 5.91. The number of nitrogens with one attached hydrogen (secondary N) is 1. The Hall–Kier alpha value is -2.82. The van der Waals surface area contributed by atoms with Crippen LogP contribution in [0.2, 0.25) is 0 Å². The van der Waals surface area contributed by atoms with Gasteiger partial charge in [0, 0.05) is 12.1 Å². The van der Waals surface area contributed by atoms with Crippen molar-refractivity contribution in [3.63, 3.8) is 0 Å². The average Bonchev–Trinajstić information content (AvgIpc) is 2.63. The number of rotatable bonds is 8. The maximum atomic E-state index is 12.3. The molecule has 0 radical (unpaired) electrons. The lowest BCUT2D eigenvalue weighted by Gasteiger charge is -2.13. The zero-order valence-corrected chi connectivity index (χ0v) is 15.4. The topological polar surface area (TPSA) is 75.6 Å². The van der Waals surface area contributed by atoms with Gasteiger partial charge in [-0.25, -0.2) is 0 Å². The van der Waals surface area contributed by atoms with Crippen LogP contribution in [-0.4, -0.2) is 24.1 Å². The number of carboxylic acids is 1. The van der Waals surface area contributed by atoms with Gasteiger partial charge in [-0.15, -0.1) is 0 Å². The first-order chi connectivity index (χ1) is 12.4. The molecule has 0 saturated heterocycles. The number of methoxy groups -OCH3 is 1. The molecule has 0 aliphatic carbocycles. The number of amides is 1. The number of ether oxygens (including phenoxy) is 1. The van der Waals surface area contributed by atoms with Crippen molar-refractivity contribution in [1.82, 2.24) is 0 Å². The molecule has 2 unspecified atom stereocenters. The molecule has 138 valence electrons. The summed E-state index contributed by atoms with van der Waals surface area (Å²) in [6.07, 6.45) is 0.835. The molecular weight excluding hydrogens is 330 g/mol. The standard InChI is InChI=1S/C21H25NO4/c1-14(17-5-4-6-19(13-17)26-3)12-20(23)22-18-9-7-16(8-10-18)11-15(2)21(24)25/h4-10,13-15H,11-12H2,1-3H3,(H,22,23)(H,24,25). The molecule has 2 aromatic carbocycles. The van der Waals surface area contributed by atoms with Crippen LogP contribution < -0.4 is 10.1 Å². The van der Waals surface area contributed by atoms with Crippen LogP contribution >= 0.6 is 0 Å². The number of hydrogen-bond donors (Lipinski definition) is 2. The van der Waals surface area contributed by atoms with Gasteiger partial charge in [-0.3, -0.25) is 9.59 Å². The van der Waals surface area contributed by atoms with Crippen LogP contribution in [0.15, 0.2) is 48.5 Å². The summed E-state index contributed by atoms with van der Waals surface area (Å²) in [5.41, 5.74) is 2.69. The highest BCUT2D eigenvalue weighted by Crippen LogP contribution is 2.24. The smallest absolute Gasteiger partial charge is 0.306 e. The highest BCUT2D eigenvalue weighted by Gasteiger charge is 2.13. The van der Waals surface area contributed by atoms with E-state index in [-0.39, 0.29) is 11.8 Å². The van der Waals surface area contributed by atoms with Gasteiger partial charge in [0.25, 0.3) is 0 Å². The van der Waals surface area contributed by atoms with E-state index >= 15 is 0 Å². The Morgan fingerprint density at radius 2 is 1.81 bits per heavy atom. The van der Waals surface area contributed by atoms with Gasteiger partial charge in [-0.2, -0.15) is 0 Å². The van der Waals surface area contributed by atoms with Crippen molar-refractivity contribution in [3.05, 3.63) is 59.7 Å². The van der Waals surface area contributed by atoms with Crippen LogP contribution in [0.5, 0.6) is 5.75 Å². The van der Waals surface area contributed by atoms with E-state index in [4.69, 9.17) is 9.84 Å². The van der Waals surface area contributed by atoms with Gasteiger partial charge < -0.3 is 15.2 Å². The van der Waals surface area contributed by atoms with Crippen LogP contribution in [0.4, 0.5) is 5.69 Å². The minimum Gasteiger partial charge on any atom is -0.497 e. The van der Waals surface area contributed by atoms with Gasteiger partial charge in [0.15, 0.2) is 0 Å². The van der Waals surface area contributed by atoms with Crippen LogP contribution in [-0.2, 0) is 16.0 Å². The molecular formula is C21H25NO4. The molecule has 2 N–H and O–H groups in total. The summed E-state index contributed by atoms with van der Waals surface area (Å²) in [6, 6.07) is 15.0. The molecule has 5 heteroatoms. The normalized spacial score (nSPS) is 12.9. The number of carbonyl (C=O) groups excluding carboxylic acids is 1. The van der Waals surface area contributed by atoms with Gasteiger partial charge in [-0.1, -0.05) is 38.1 Å². The molecule has 2 aromatic rings. The zero-order valence-electron chi connectivity index (χ0n) is 15.4. The number of aliphatic carboxylic acids is 1. The molecule has 0 aliphatic rings. The minimum atomic E-state index is -0.811. The molecule has 0 saturated carbocycles. The summed E-state index contributed by atoms with van der Waals surface area (Å²) in [5.74, 6) is -0.457. The Kier molecular flexibility index (Phi) is 6.78. The van der Waals surface area contributed by atoms with Gasteiger partial charge in [0.1, 0.15) is 5.75 Å². The molecule has 0 aliphatic heterocycles. The van der Waals surface area contributed by atoms with Gasteiger partial charge in [0.2, 0.25) is 5.91 Å². The fourth-order valence-corrected chi connectivity index (χ4v) is 2.72. The third-order valence-electron chi connectivity index (χ3n) is 4.36. The third kappa shape index (κ3) is 5.62.